The number of hydrogen-bond acceptors (Lipinski definition) is 3. The van der Waals surface area contributed by atoms with Crippen molar-refractivity contribution in [2.75, 3.05) is 0 Å². The van der Waals surface area contributed by atoms with E-state index in [0.717, 1.165) is 6.54 Å². The Bertz CT molecular complexity index is 539. The Kier molecular flexibility index (Phi) is 5.71. The van der Waals surface area contributed by atoms with Crippen molar-refractivity contribution in [1.82, 2.24) is 5.32 Å². The predicted molar refractivity (Wildman–Crippen MR) is 81.2 cm³/mol. The van der Waals surface area contributed by atoms with Gasteiger partial charge in [-0.15, -0.1) is 11.3 Å². The highest BCUT2D eigenvalue weighted by Crippen LogP contribution is 2.18. The van der Waals surface area contributed by atoms with E-state index < -0.39 is 0 Å². The van der Waals surface area contributed by atoms with Gasteiger partial charge in [0.2, 0.25) is 0 Å². The van der Waals surface area contributed by atoms with Crippen LogP contribution in [0.1, 0.15) is 29.2 Å². The minimum absolute atomic E-state index is 0.208. The van der Waals surface area contributed by atoms with E-state index in [2.05, 4.69) is 31.3 Å². The molecule has 0 spiro atoms. The third kappa shape index (κ3) is 4.71. The first-order valence-corrected chi connectivity index (χ1v) is 7.59. The lowest BCUT2D eigenvalue weighted by atomic mass is 10.2. The van der Waals surface area contributed by atoms with E-state index in [-0.39, 0.29) is 5.82 Å². The van der Waals surface area contributed by atoms with E-state index in [1.807, 2.05) is 6.07 Å². The van der Waals surface area contributed by atoms with Crippen LogP contribution in [0.25, 0.3) is 0 Å². The van der Waals surface area contributed by atoms with Gasteiger partial charge in [0.05, 0.1) is 13.2 Å². The van der Waals surface area contributed by atoms with Gasteiger partial charge in [-0.25, -0.2) is 4.39 Å². The Morgan fingerprint density at radius 3 is 2.60 bits per heavy atom. The molecule has 0 aliphatic carbocycles. The normalized spacial score (nSPS) is 11.2. The average Bonchev–Trinajstić information content (AvgIpc) is 2.87. The van der Waals surface area contributed by atoms with Crippen LogP contribution in [-0.2, 0) is 24.5 Å². The standard InChI is InChI=1S/C16H20FNOS/c1-12(2)18-9-14-7-8-15(20-14)11-19-10-13-5-3-4-6-16(13)17/h3-8,12,18H,9-11H2,1-2H3. The number of ether oxygens (including phenoxy) is 1. The Morgan fingerprint density at radius 2 is 1.85 bits per heavy atom. The largest absolute Gasteiger partial charge is 0.371 e. The van der Waals surface area contributed by atoms with Gasteiger partial charge in [-0.05, 0) is 18.2 Å². The monoisotopic (exact) mass is 293 g/mol. The molecule has 0 fully saturated rings. The van der Waals surface area contributed by atoms with Crippen molar-refractivity contribution in [1.29, 1.82) is 0 Å². The van der Waals surface area contributed by atoms with Gasteiger partial charge in [-0.2, -0.15) is 0 Å². The predicted octanol–water partition coefficient (Wildman–Crippen LogP) is 4.10. The second kappa shape index (κ2) is 7.53. The fourth-order valence-corrected chi connectivity index (χ4v) is 2.68. The summed E-state index contributed by atoms with van der Waals surface area (Å²) in [7, 11) is 0. The topological polar surface area (TPSA) is 21.3 Å². The van der Waals surface area contributed by atoms with E-state index in [4.69, 9.17) is 4.74 Å². The maximum absolute atomic E-state index is 13.4. The first-order valence-electron chi connectivity index (χ1n) is 6.77. The zero-order valence-electron chi connectivity index (χ0n) is 11.9. The van der Waals surface area contributed by atoms with Gasteiger partial charge in [0.1, 0.15) is 5.82 Å². The minimum Gasteiger partial charge on any atom is -0.371 e. The molecular formula is C16H20FNOS. The van der Waals surface area contributed by atoms with Crippen LogP contribution in [0.4, 0.5) is 4.39 Å². The molecule has 1 heterocycles. The molecule has 1 aromatic carbocycles. The van der Waals surface area contributed by atoms with E-state index >= 15 is 0 Å². The summed E-state index contributed by atoms with van der Waals surface area (Å²) in [5, 5.41) is 3.38. The molecule has 0 amide bonds. The van der Waals surface area contributed by atoms with Crippen LogP contribution in [-0.4, -0.2) is 6.04 Å². The third-order valence-electron chi connectivity index (χ3n) is 2.86. The fourth-order valence-electron chi connectivity index (χ4n) is 1.78. The molecular weight excluding hydrogens is 273 g/mol. The van der Waals surface area contributed by atoms with Gasteiger partial charge in [0.15, 0.2) is 0 Å². The van der Waals surface area contributed by atoms with Crippen molar-refractivity contribution in [2.24, 2.45) is 0 Å². The van der Waals surface area contributed by atoms with Crippen molar-refractivity contribution in [3.8, 4) is 0 Å². The van der Waals surface area contributed by atoms with Crippen LogP contribution in [0.15, 0.2) is 36.4 Å². The Balaban J connectivity index is 1.78. The molecule has 0 radical (unpaired) electrons. The lowest BCUT2D eigenvalue weighted by Gasteiger charge is -2.05. The summed E-state index contributed by atoms with van der Waals surface area (Å²) in [6.45, 7) is 5.98. The lowest BCUT2D eigenvalue weighted by Crippen LogP contribution is -2.21. The molecule has 20 heavy (non-hydrogen) atoms. The first-order chi connectivity index (χ1) is 9.65. The van der Waals surface area contributed by atoms with Gasteiger partial charge in [0, 0.05) is 27.9 Å². The summed E-state index contributed by atoms with van der Waals surface area (Å²) in [5.41, 5.74) is 0.603. The van der Waals surface area contributed by atoms with Crippen molar-refractivity contribution in [3.63, 3.8) is 0 Å². The van der Waals surface area contributed by atoms with Crippen molar-refractivity contribution in [2.45, 2.75) is 39.6 Å². The molecule has 0 atom stereocenters. The van der Waals surface area contributed by atoms with Crippen molar-refractivity contribution < 1.29 is 9.13 Å². The molecule has 2 aromatic rings. The zero-order chi connectivity index (χ0) is 14.4. The summed E-state index contributed by atoms with van der Waals surface area (Å²) in [4.78, 5) is 2.46. The first kappa shape index (κ1) is 15.2. The summed E-state index contributed by atoms with van der Waals surface area (Å²) in [5.74, 6) is -0.208. The van der Waals surface area contributed by atoms with Crippen LogP contribution >= 0.6 is 11.3 Å². The molecule has 0 saturated carbocycles. The van der Waals surface area contributed by atoms with Gasteiger partial charge in [-0.3, -0.25) is 0 Å². The van der Waals surface area contributed by atoms with Gasteiger partial charge in [-0.1, -0.05) is 32.0 Å². The molecule has 0 saturated heterocycles. The number of benzene rings is 1. The van der Waals surface area contributed by atoms with E-state index in [0.29, 0.717) is 24.8 Å². The maximum atomic E-state index is 13.4. The number of nitrogens with one attached hydrogen (secondary N) is 1. The molecule has 4 heteroatoms. The number of thiophene rings is 1. The number of rotatable bonds is 7. The van der Waals surface area contributed by atoms with Crippen LogP contribution in [0.2, 0.25) is 0 Å². The molecule has 1 aromatic heterocycles. The molecule has 108 valence electrons. The summed E-state index contributed by atoms with van der Waals surface area (Å²) in [6, 6.07) is 11.4. The van der Waals surface area contributed by atoms with Crippen molar-refractivity contribution in [3.05, 3.63) is 57.5 Å². The van der Waals surface area contributed by atoms with Gasteiger partial charge < -0.3 is 10.1 Å². The molecule has 0 aliphatic heterocycles. The summed E-state index contributed by atoms with van der Waals surface area (Å²) < 4.78 is 19.0. The number of halogens is 1. The zero-order valence-corrected chi connectivity index (χ0v) is 12.7. The van der Waals surface area contributed by atoms with E-state index in [9.17, 15) is 4.39 Å². The van der Waals surface area contributed by atoms with Crippen LogP contribution < -0.4 is 5.32 Å². The van der Waals surface area contributed by atoms with E-state index in [1.54, 1.807) is 23.5 Å². The van der Waals surface area contributed by atoms with Crippen molar-refractivity contribution >= 4 is 11.3 Å². The maximum Gasteiger partial charge on any atom is 0.128 e. The summed E-state index contributed by atoms with van der Waals surface area (Å²) in [6.07, 6.45) is 0. The smallest absolute Gasteiger partial charge is 0.128 e. The lowest BCUT2D eigenvalue weighted by molar-refractivity contribution is 0.107. The second-order valence-corrected chi connectivity index (χ2v) is 6.24. The molecule has 0 bridgehead atoms. The third-order valence-corrected chi connectivity index (χ3v) is 3.92. The van der Waals surface area contributed by atoms with Crippen LogP contribution in [0.3, 0.4) is 0 Å². The minimum atomic E-state index is -0.208. The Labute approximate surface area is 123 Å². The highest BCUT2D eigenvalue weighted by Gasteiger charge is 2.03. The molecule has 0 unspecified atom stereocenters. The molecule has 1 N–H and O–H groups in total. The van der Waals surface area contributed by atoms with E-state index in [1.165, 1.54) is 15.8 Å². The Morgan fingerprint density at radius 1 is 1.10 bits per heavy atom. The fraction of sp³-hybridized carbons (Fsp3) is 0.375. The quantitative estimate of drug-likeness (QED) is 0.830. The van der Waals surface area contributed by atoms with Gasteiger partial charge in [0.25, 0.3) is 0 Å². The highest BCUT2D eigenvalue weighted by molar-refractivity contribution is 7.11. The van der Waals surface area contributed by atoms with Crippen LogP contribution in [0.5, 0.6) is 0 Å². The molecule has 2 rings (SSSR count). The highest BCUT2D eigenvalue weighted by atomic mass is 32.1. The van der Waals surface area contributed by atoms with Crippen LogP contribution in [0, 0.1) is 5.82 Å². The molecule has 2 nitrogen and oxygen atoms in total. The van der Waals surface area contributed by atoms with Gasteiger partial charge >= 0.3 is 0 Å². The average molecular weight is 293 g/mol. The molecule has 0 aliphatic rings. The number of hydrogen-bond donors (Lipinski definition) is 1. The SMILES string of the molecule is CC(C)NCc1ccc(COCc2ccccc2F)s1. The summed E-state index contributed by atoms with van der Waals surface area (Å²) >= 11 is 1.73. The Hall–Kier alpha value is -1.23. The second-order valence-electron chi connectivity index (χ2n) is 4.99.